The molecule has 2 nitrogen and oxygen atoms in total. The van der Waals surface area contributed by atoms with Crippen molar-refractivity contribution in [2.24, 2.45) is 0 Å². The van der Waals surface area contributed by atoms with Crippen LogP contribution in [-0.4, -0.2) is 5.91 Å². The normalized spacial score (nSPS) is 13.3. The number of hydrogen-bond acceptors (Lipinski definition) is 1. The predicted octanol–water partition coefficient (Wildman–Crippen LogP) is 4.81. The second-order valence-electron chi connectivity index (χ2n) is 4.32. The number of amides is 1. The van der Waals surface area contributed by atoms with Gasteiger partial charge in [-0.1, -0.05) is 40.9 Å². The molecule has 96 valence electrons. The van der Waals surface area contributed by atoms with Gasteiger partial charge in [0.05, 0.1) is 16.5 Å². The monoisotopic (exact) mass is 311 g/mol. The molecule has 2 aromatic rings. The number of halogens is 3. The van der Waals surface area contributed by atoms with Crippen LogP contribution >= 0.6 is 34.8 Å². The van der Waals surface area contributed by atoms with Gasteiger partial charge in [-0.25, -0.2) is 0 Å². The quantitative estimate of drug-likeness (QED) is 0.752. The molecule has 0 radical (unpaired) electrons. The molecule has 0 unspecified atom stereocenters. The second kappa shape index (κ2) is 4.71. The molecule has 2 aromatic carbocycles. The van der Waals surface area contributed by atoms with Crippen molar-refractivity contribution in [3.05, 3.63) is 51.0 Å². The summed E-state index contributed by atoms with van der Waals surface area (Å²) >= 11 is 18.4. The van der Waals surface area contributed by atoms with Gasteiger partial charge in [0.2, 0.25) is 5.91 Å². The van der Waals surface area contributed by atoms with E-state index in [1.165, 1.54) is 0 Å². The van der Waals surface area contributed by atoms with Gasteiger partial charge in [0.1, 0.15) is 0 Å². The van der Waals surface area contributed by atoms with Gasteiger partial charge in [0.15, 0.2) is 0 Å². The predicted molar refractivity (Wildman–Crippen MR) is 79.2 cm³/mol. The van der Waals surface area contributed by atoms with Crippen LogP contribution in [0.3, 0.4) is 0 Å². The zero-order chi connectivity index (χ0) is 13.6. The molecule has 0 aromatic heterocycles. The molecular weight excluding hydrogens is 305 g/mol. The van der Waals surface area contributed by atoms with Gasteiger partial charge in [0.25, 0.3) is 0 Å². The largest absolute Gasteiger partial charge is 0.326 e. The Labute approximate surface area is 125 Å². The van der Waals surface area contributed by atoms with Crippen LogP contribution in [-0.2, 0) is 11.2 Å². The Bertz CT molecular complexity index is 697. The lowest BCUT2D eigenvalue weighted by atomic mass is 10.0. The van der Waals surface area contributed by atoms with Crippen molar-refractivity contribution in [1.29, 1.82) is 0 Å². The number of nitrogens with one attached hydrogen (secondary N) is 1. The smallest absolute Gasteiger partial charge is 0.228 e. The van der Waals surface area contributed by atoms with Crippen LogP contribution in [0, 0.1) is 0 Å². The zero-order valence-electron chi connectivity index (χ0n) is 9.64. The van der Waals surface area contributed by atoms with E-state index in [1.807, 2.05) is 18.2 Å². The Morgan fingerprint density at radius 2 is 1.74 bits per heavy atom. The summed E-state index contributed by atoms with van der Waals surface area (Å²) in [7, 11) is 0. The third-order valence-corrected chi connectivity index (χ3v) is 4.18. The van der Waals surface area contributed by atoms with Crippen molar-refractivity contribution < 1.29 is 4.79 Å². The Morgan fingerprint density at radius 3 is 2.53 bits per heavy atom. The molecule has 0 aliphatic carbocycles. The molecule has 1 amide bonds. The summed E-state index contributed by atoms with van der Waals surface area (Å²) < 4.78 is 0. The summed E-state index contributed by atoms with van der Waals surface area (Å²) in [6.07, 6.45) is 0.374. The van der Waals surface area contributed by atoms with Crippen molar-refractivity contribution >= 4 is 46.4 Å². The number of anilines is 1. The molecule has 0 bridgehead atoms. The molecule has 5 heteroatoms. The number of carbonyl (C=O) groups is 1. The summed E-state index contributed by atoms with van der Waals surface area (Å²) in [4.78, 5) is 11.4. The van der Waals surface area contributed by atoms with Crippen molar-refractivity contribution in [3.63, 3.8) is 0 Å². The van der Waals surface area contributed by atoms with Crippen molar-refractivity contribution in [3.8, 4) is 11.1 Å². The van der Waals surface area contributed by atoms with E-state index >= 15 is 0 Å². The van der Waals surface area contributed by atoms with Crippen LogP contribution < -0.4 is 5.32 Å². The van der Waals surface area contributed by atoms with E-state index in [1.54, 1.807) is 12.1 Å². The summed E-state index contributed by atoms with van der Waals surface area (Å²) in [6.45, 7) is 0. The van der Waals surface area contributed by atoms with E-state index in [9.17, 15) is 4.79 Å². The molecule has 19 heavy (non-hydrogen) atoms. The van der Waals surface area contributed by atoms with Gasteiger partial charge in [0, 0.05) is 16.3 Å². The highest BCUT2D eigenvalue weighted by molar-refractivity contribution is 6.46. The van der Waals surface area contributed by atoms with E-state index in [-0.39, 0.29) is 5.91 Å². The highest BCUT2D eigenvalue weighted by Crippen LogP contribution is 2.40. The average Bonchev–Trinajstić information content (AvgIpc) is 2.74. The third kappa shape index (κ3) is 2.20. The molecule has 0 fully saturated rings. The van der Waals surface area contributed by atoms with E-state index in [4.69, 9.17) is 34.8 Å². The lowest BCUT2D eigenvalue weighted by Gasteiger charge is -2.10. The zero-order valence-corrected chi connectivity index (χ0v) is 11.9. The van der Waals surface area contributed by atoms with Crippen LogP contribution in [0.4, 0.5) is 5.69 Å². The number of hydrogen-bond donors (Lipinski definition) is 1. The minimum absolute atomic E-state index is 0.00422. The fourth-order valence-electron chi connectivity index (χ4n) is 2.18. The molecule has 1 aliphatic rings. The van der Waals surface area contributed by atoms with Gasteiger partial charge in [-0.15, -0.1) is 0 Å². The number of rotatable bonds is 1. The van der Waals surface area contributed by atoms with E-state index in [0.717, 1.165) is 16.8 Å². The Kier molecular flexibility index (Phi) is 3.17. The molecular formula is C14H8Cl3NO. The van der Waals surface area contributed by atoms with E-state index in [2.05, 4.69) is 5.32 Å². The van der Waals surface area contributed by atoms with E-state index in [0.29, 0.717) is 27.1 Å². The second-order valence-corrected chi connectivity index (χ2v) is 5.51. The van der Waals surface area contributed by atoms with Crippen molar-refractivity contribution in [2.45, 2.75) is 6.42 Å². The van der Waals surface area contributed by atoms with Crippen molar-refractivity contribution in [1.82, 2.24) is 0 Å². The fourth-order valence-corrected chi connectivity index (χ4v) is 2.92. The molecule has 0 saturated carbocycles. The topological polar surface area (TPSA) is 29.1 Å². The maximum Gasteiger partial charge on any atom is 0.228 e. The first-order valence-corrected chi connectivity index (χ1v) is 6.76. The standard InChI is InChI=1S/C14H8Cl3NO/c15-9-2-3-10(16)14(17)13(9)7-1-4-11-8(5-7)6-12(19)18-11/h1-5H,6H2,(H,18,19). The number of carbonyl (C=O) groups excluding carboxylic acids is 1. The Hall–Kier alpha value is -1.22. The maximum atomic E-state index is 11.4. The van der Waals surface area contributed by atoms with Gasteiger partial charge in [-0.05, 0) is 35.4 Å². The molecule has 1 N–H and O–H groups in total. The molecule has 1 aliphatic heterocycles. The molecule has 0 spiro atoms. The van der Waals surface area contributed by atoms with Gasteiger partial charge in [-0.3, -0.25) is 4.79 Å². The average molecular weight is 313 g/mol. The Balaban J connectivity index is 2.17. The first-order valence-electron chi connectivity index (χ1n) is 5.63. The molecule has 0 saturated heterocycles. The van der Waals surface area contributed by atoms with Gasteiger partial charge in [-0.2, -0.15) is 0 Å². The van der Waals surface area contributed by atoms with Crippen LogP contribution in [0.2, 0.25) is 15.1 Å². The maximum absolute atomic E-state index is 11.4. The first-order chi connectivity index (χ1) is 9.06. The minimum atomic E-state index is -0.00422. The van der Waals surface area contributed by atoms with Gasteiger partial charge >= 0.3 is 0 Å². The van der Waals surface area contributed by atoms with Crippen molar-refractivity contribution in [2.75, 3.05) is 5.32 Å². The summed E-state index contributed by atoms with van der Waals surface area (Å²) in [5.41, 5.74) is 3.32. The number of benzene rings is 2. The molecule has 1 heterocycles. The van der Waals surface area contributed by atoms with Crippen LogP contribution in [0.15, 0.2) is 30.3 Å². The fraction of sp³-hybridized carbons (Fsp3) is 0.0714. The van der Waals surface area contributed by atoms with Crippen LogP contribution in [0.1, 0.15) is 5.56 Å². The SMILES string of the molecule is O=C1Cc2cc(-c3c(Cl)ccc(Cl)c3Cl)ccc2N1. The summed E-state index contributed by atoms with van der Waals surface area (Å²) in [6, 6.07) is 9.00. The summed E-state index contributed by atoms with van der Waals surface area (Å²) in [5.74, 6) is -0.00422. The summed E-state index contributed by atoms with van der Waals surface area (Å²) in [5, 5.41) is 4.20. The van der Waals surface area contributed by atoms with Gasteiger partial charge < -0.3 is 5.32 Å². The Morgan fingerprint density at radius 1 is 1.00 bits per heavy atom. The third-order valence-electron chi connectivity index (χ3n) is 3.06. The van der Waals surface area contributed by atoms with Crippen LogP contribution in [0.5, 0.6) is 0 Å². The highest BCUT2D eigenvalue weighted by Gasteiger charge is 2.19. The number of fused-ring (bicyclic) bond motifs is 1. The first kappa shape index (κ1) is 12.8. The lowest BCUT2D eigenvalue weighted by Crippen LogP contribution is -2.03. The van der Waals surface area contributed by atoms with E-state index < -0.39 is 0 Å². The lowest BCUT2D eigenvalue weighted by molar-refractivity contribution is -0.115. The highest BCUT2D eigenvalue weighted by atomic mass is 35.5. The molecule has 0 atom stereocenters. The minimum Gasteiger partial charge on any atom is -0.326 e. The van der Waals surface area contributed by atoms with Crippen LogP contribution in [0.25, 0.3) is 11.1 Å². The molecule has 3 rings (SSSR count).